The molecule has 114 valence electrons. The third-order valence-corrected chi connectivity index (χ3v) is 2.12. The topological polar surface area (TPSA) is 95.9 Å². The minimum Gasteiger partial charge on any atom is -0.548 e. The maximum absolute atomic E-state index is 10.2. The SMILES string of the molecule is O=C([O-])COCC#Cc1cccc(C#CCOCC(=O)O)c1. The lowest BCUT2D eigenvalue weighted by Gasteiger charge is -1.98. The monoisotopic (exact) mass is 301 g/mol. The summed E-state index contributed by atoms with van der Waals surface area (Å²) >= 11 is 0. The fraction of sp³-hybridized carbons (Fsp3) is 0.250. The van der Waals surface area contributed by atoms with Gasteiger partial charge in [0, 0.05) is 11.1 Å². The fourth-order valence-corrected chi connectivity index (χ4v) is 1.33. The summed E-state index contributed by atoms with van der Waals surface area (Å²) in [4.78, 5) is 20.3. The minimum absolute atomic E-state index is 0.00703. The lowest BCUT2D eigenvalue weighted by atomic mass is 10.1. The van der Waals surface area contributed by atoms with Gasteiger partial charge in [0.05, 0.1) is 12.6 Å². The van der Waals surface area contributed by atoms with Gasteiger partial charge in [-0.1, -0.05) is 29.7 Å². The first-order valence-electron chi connectivity index (χ1n) is 6.23. The normalized spacial score (nSPS) is 9.09. The number of hydrogen-bond acceptors (Lipinski definition) is 5. The van der Waals surface area contributed by atoms with Gasteiger partial charge >= 0.3 is 5.97 Å². The molecule has 6 heteroatoms. The van der Waals surface area contributed by atoms with Crippen molar-refractivity contribution in [2.75, 3.05) is 26.4 Å². The van der Waals surface area contributed by atoms with E-state index in [1.807, 2.05) is 0 Å². The Labute approximate surface area is 127 Å². The van der Waals surface area contributed by atoms with E-state index in [0.29, 0.717) is 11.1 Å². The second-order valence-corrected chi connectivity index (χ2v) is 3.94. The summed E-state index contributed by atoms with van der Waals surface area (Å²) in [5, 5.41) is 18.5. The molecule has 0 unspecified atom stereocenters. The lowest BCUT2D eigenvalue weighted by Crippen LogP contribution is -2.27. The van der Waals surface area contributed by atoms with Crippen LogP contribution in [0.1, 0.15) is 11.1 Å². The van der Waals surface area contributed by atoms with Gasteiger partial charge in [0.15, 0.2) is 0 Å². The number of aliphatic carboxylic acids is 2. The summed E-state index contributed by atoms with van der Waals surface area (Å²) in [7, 11) is 0. The first kappa shape index (κ1) is 17.3. The van der Waals surface area contributed by atoms with Crippen LogP contribution in [0.3, 0.4) is 0 Å². The Morgan fingerprint density at radius 3 is 2.09 bits per heavy atom. The molecule has 0 aliphatic heterocycles. The molecule has 0 aliphatic rings. The van der Waals surface area contributed by atoms with Gasteiger partial charge in [-0.2, -0.15) is 0 Å². The predicted molar refractivity (Wildman–Crippen MR) is 74.5 cm³/mol. The number of carboxylic acids is 2. The lowest BCUT2D eigenvalue weighted by molar-refractivity contribution is -0.309. The molecule has 0 aliphatic carbocycles. The fourth-order valence-electron chi connectivity index (χ4n) is 1.33. The zero-order valence-corrected chi connectivity index (χ0v) is 11.6. The number of carbonyl (C=O) groups excluding carboxylic acids is 1. The highest BCUT2D eigenvalue weighted by Crippen LogP contribution is 2.02. The molecule has 1 rings (SSSR count). The standard InChI is InChI=1S/C16H14O6/c17-15(18)11-21-8-2-6-13-4-1-5-14(10-13)7-3-9-22-12-16(19)20/h1,4-5,10H,8-9,11-12H2,(H,17,18)(H,19,20)/p-1. The van der Waals surface area contributed by atoms with Crippen LogP contribution in [0, 0.1) is 23.7 Å². The smallest absolute Gasteiger partial charge is 0.329 e. The Hall–Kier alpha value is -2.80. The number of hydrogen-bond donors (Lipinski definition) is 1. The van der Waals surface area contributed by atoms with E-state index in [-0.39, 0.29) is 19.8 Å². The van der Waals surface area contributed by atoms with Crippen LogP contribution >= 0.6 is 0 Å². The zero-order chi connectivity index (χ0) is 16.2. The van der Waals surface area contributed by atoms with Crippen LogP contribution in [0.5, 0.6) is 0 Å². The maximum Gasteiger partial charge on any atom is 0.329 e. The molecule has 0 saturated carbocycles. The zero-order valence-electron chi connectivity index (χ0n) is 11.6. The van der Waals surface area contributed by atoms with Crippen LogP contribution < -0.4 is 5.11 Å². The summed E-state index contributed by atoms with van der Waals surface area (Å²) in [5.41, 5.74) is 1.41. The van der Waals surface area contributed by atoms with Crippen molar-refractivity contribution in [2.24, 2.45) is 0 Å². The maximum atomic E-state index is 10.2. The Balaban J connectivity index is 2.48. The van der Waals surface area contributed by atoms with E-state index in [1.165, 1.54) is 0 Å². The first-order valence-corrected chi connectivity index (χ1v) is 6.23. The van der Waals surface area contributed by atoms with Gasteiger partial charge in [-0.05, 0) is 18.2 Å². The molecular formula is C16H13O6-. The van der Waals surface area contributed by atoms with Crippen molar-refractivity contribution in [2.45, 2.75) is 0 Å². The van der Waals surface area contributed by atoms with Gasteiger partial charge in [-0.25, -0.2) is 4.79 Å². The molecule has 1 N–H and O–H groups in total. The van der Waals surface area contributed by atoms with E-state index in [9.17, 15) is 14.7 Å². The van der Waals surface area contributed by atoms with Crippen LogP contribution in [-0.2, 0) is 19.1 Å². The van der Waals surface area contributed by atoms with Crippen molar-refractivity contribution in [1.82, 2.24) is 0 Å². The van der Waals surface area contributed by atoms with Crippen LogP contribution in [0.4, 0.5) is 0 Å². The highest BCUT2D eigenvalue weighted by molar-refractivity contribution is 5.68. The highest BCUT2D eigenvalue weighted by Gasteiger charge is 1.93. The summed E-state index contributed by atoms with van der Waals surface area (Å²) in [5.74, 6) is 8.67. The van der Waals surface area contributed by atoms with Gasteiger partial charge in [0.25, 0.3) is 0 Å². The molecule has 0 aromatic heterocycles. The van der Waals surface area contributed by atoms with E-state index < -0.39 is 18.5 Å². The molecule has 0 spiro atoms. The average Bonchev–Trinajstić information content (AvgIpc) is 2.46. The van der Waals surface area contributed by atoms with Crippen molar-refractivity contribution in [1.29, 1.82) is 0 Å². The molecule has 6 nitrogen and oxygen atoms in total. The summed E-state index contributed by atoms with van der Waals surface area (Å²) < 4.78 is 9.52. The van der Waals surface area contributed by atoms with Crippen molar-refractivity contribution < 1.29 is 29.3 Å². The molecule has 1 aromatic carbocycles. The van der Waals surface area contributed by atoms with Crippen molar-refractivity contribution in [3.8, 4) is 23.7 Å². The average molecular weight is 301 g/mol. The largest absolute Gasteiger partial charge is 0.548 e. The number of rotatable bonds is 6. The van der Waals surface area contributed by atoms with Gasteiger partial charge in [-0.3, -0.25) is 0 Å². The third-order valence-electron chi connectivity index (χ3n) is 2.12. The first-order chi connectivity index (χ1) is 10.6. The van der Waals surface area contributed by atoms with Gasteiger partial charge in [-0.15, -0.1) is 0 Å². The number of carbonyl (C=O) groups is 2. The van der Waals surface area contributed by atoms with Gasteiger partial charge < -0.3 is 24.5 Å². The van der Waals surface area contributed by atoms with Crippen molar-refractivity contribution in [3.63, 3.8) is 0 Å². The van der Waals surface area contributed by atoms with Crippen molar-refractivity contribution >= 4 is 11.9 Å². The summed E-state index contributed by atoms with van der Waals surface area (Å²) in [6.45, 7) is -0.852. The highest BCUT2D eigenvalue weighted by atomic mass is 16.5. The Morgan fingerprint density at radius 1 is 1.05 bits per heavy atom. The number of carboxylic acid groups (broad SMARTS) is 2. The van der Waals surface area contributed by atoms with E-state index in [4.69, 9.17) is 14.6 Å². The molecule has 0 atom stereocenters. The molecule has 22 heavy (non-hydrogen) atoms. The van der Waals surface area contributed by atoms with Gasteiger partial charge in [0.1, 0.15) is 19.8 Å². The quantitative estimate of drug-likeness (QED) is 0.549. The van der Waals surface area contributed by atoms with Crippen molar-refractivity contribution in [3.05, 3.63) is 35.4 Å². The molecule has 1 aromatic rings. The molecule has 0 radical (unpaired) electrons. The minimum atomic E-state index is -1.29. The Kier molecular flexibility index (Phi) is 7.84. The summed E-state index contributed by atoms with van der Waals surface area (Å²) in [6, 6.07) is 7.07. The second kappa shape index (κ2) is 10.0. The summed E-state index contributed by atoms with van der Waals surface area (Å²) in [6.07, 6.45) is 0. The molecule has 0 fully saturated rings. The number of benzene rings is 1. The number of ether oxygens (including phenoxy) is 2. The van der Waals surface area contributed by atoms with E-state index in [1.54, 1.807) is 24.3 Å². The van der Waals surface area contributed by atoms with E-state index in [0.717, 1.165) is 0 Å². The van der Waals surface area contributed by atoms with Crippen LogP contribution in [-0.4, -0.2) is 43.5 Å². The molecule has 0 amide bonds. The molecular weight excluding hydrogens is 288 g/mol. The molecule has 0 heterocycles. The molecule has 0 bridgehead atoms. The molecule has 0 saturated heterocycles. The second-order valence-electron chi connectivity index (χ2n) is 3.94. The predicted octanol–water partition coefficient (Wildman–Crippen LogP) is -0.743. The van der Waals surface area contributed by atoms with Gasteiger partial charge in [0.2, 0.25) is 0 Å². The van der Waals surface area contributed by atoms with Crippen LogP contribution in [0.2, 0.25) is 0 Å². The van der Waals surface area contributed by atoms with Crippen LogP contribution in [0.15, 0.2) is 24.3 Å². The van der Waals surface area contributed by atoms with Crippen LogP contribution in [0.25, 0.3) is 0 Å². The Morgan fingerprint density at radius 2 is 1.59 bits per heavy atom. The third kappa shape index (κ3) is 8.39. The van der Waals surface area contributed by atoms with E-state index >= 15 is 0 Å². The van der Waals surface area contributed by atoms with E-state index in [2.05, 4.69) is 23.7 Å². The Bertz CT molecular complexity index is 589.